The number of amides is 2. The minimum atomic E-state index is -0.925. The first-order valence-electron chi connectivity index (χ1n) is 7.53. The van der Waals surface area contributed by atoms with E-state index >= 15 is 0 Å². The van der Waals surface area contributed by atoms with E-state index in [0.717, 1.165) is 17.7 Å². The van der Waals surface area contributed by atoms with E-state index in [1.807, 2.05) is 0 Å². The van der Waals surface area contributed by atoms with E-state index < -0.39 is 29.5 Å². The van der Waals surface area contributed by atoms with Gasteiger partial charge in [-0.15, -0.1) is 0 Å². The van der Waals surface area contributed by atoms with Gasteiger partial charge < -0.3 is 15.4 Å². The molecule has 132 valence electrons. The van der Waals surface area contributed by atoms with Crippen LogP contribution >= 0.6 is 0 Å². The molecule has 0 spiro atoms. The minimum absolute atomic E-state index is 0.0863. The summed E-state index contributed by atoms with van der Waals surface area (Å²) in [6.45, 7) is 3.26. The number of hydrogen-bond donors (Lipinski definition) is 2. The Morgan fingerprint density at radius 1 is 1.08 bits per heavy atom. The van der Waals surface area contributed by atoms with E-state index in [-0.39, 0.29) is 5.56 Å². The van der Waals surface area contributed by atoms with Crippen LogP contribution in [0.5, 0.6) is 5.75 Å². The van der Waals surface area contributed by atoms with Crippen molar-refractivity contribution in [3.05, 3.63) is 59.2 Å². The van der Waals surface area contributed by atoms with Gasteiger partial charge in [-0.3, -0.25) is 9.59 Å². The number of aryl methyl sites for hydroxylation is 1. The Kier molecular flexibility index (Phi) is 5.69. The Morgan fingerprint density at radius 2 is 1.80 bits per heavy atom. The molecule has 0 heterocycles. The monoisotopic (exact) mass is 348 g/mol. The van der Waals surface area contributed by atoms with Gasteiger partial charge in [0.2, 0.25) is 0 Å². The Balaban J connectivity index is 2.03. The molecule has 0 aliphatic heterocycles. The second-order valence-electron chi connectivity index (χ2n) is 5.50. The number of methoxy groups -OCH3 is 1. The highest BCUT2D eigenvalue weighted by Gasteiger charge is 2.20. The smallest absolute Gasteiger partial charge is 0.313 e. The summed E-state index contributed by atoms with van der Waals surface area (Å²) in [5.74, 6) is -2.69. The summed E-state index contributed by atoms with van der Waals surface area (Å²) < 4.78 is 31.7. The molecule has 1 atom stereocenters. The SMILES string of the molecule is COc1ccc(NC(=O)C(=O)N[C@H](C)c2ccc(F)cc2F)c(C)c1. The number of halogens is 2. The number of hydrogen-bond acceptors (Lipinski definition) is 3. The average Bonchev–Trinajstić information content (AvgIpc) is 2.56. The molecule has 0 bridgehead atoms. The molecule has 2 aromatic carbocycles. The van der Waals surface area contributed by atoms with Crippen LogP contribution in [0, 0.1) is 18.6 Å². The third kappa shape index (κ3) is 4.53. The molecule has 0 fully saturated rings. The van der Waals surface area contributed by atoms with Crippen molar-refractivity contribution < 1.29 is 23.1 Å². The topological polar surface area (TPSA) is 67.4 Å². The number of anilines is 1. The van der Waals surface area contributed by atoms with Gasteiger partial charge >= 0.3 is 11.8 Å². The van der Waals surface area contributed by atoms with Crippen molar-refractivity contribution in [2.24, 2.45) is 0 Å². The maximum Gasteiger partial charge on any atom is 0.313 e. The van der Waals surface area contributed by atoms with Crippen LogP contribution < -0.4 is 15.4 Å². The molecule has 2 aromatic rings. The maximum absolute atomic E-state index is 13.7. The molecule has 0 saturated carbocycles. The predicted octanol–water partition coefficient (Wildman–Crippen LogP) is 3.10. The van der Waals surface area contributed by atoms with Gasteiger partial charge in [0.25, 0.3) is 0 Å². The number of rotatable bonds is 4. The van der Waals surface area contributed by atoms with Crippen LogP contribution in [-0.4, -0.2) is 18.9 Å². The highest BCUT2D eigenvalue weighted by molar-refractivity contribution is 6.39. The van der Waals surface area contributed by atoms with Gasteiger partial charge in [-0.25, -0.2) is 8.78 Å². The van der Waals surface area contributed by atoms with Crippen molar-refractivity contribution in [3.8, 4) is 5.75 Å². The van der Waals surface area contributed by atoms with Crippen LogP contribution in [0.3, 0.4) is 0 Å². The largest absolute Gasteiger partial charge is 0.497 e. The fourth-order valence-electron chi connectivity index (χ4n) is 2.28. The summed E-state index contributed by atoms with van der Waals surface area (Å²) in [4.78, 5) is 24.0. The van der Waals surface area contributed by atoms with Crippen molar-refractivity contribution in [1.82, 2.24) is 5.32 Å². The maximum atomic E-state index is 13.7. The van der Waals surface area contributed by atoms with Crippen LogP contribution in [0.2, 0.25) is 0 Å². The lowest BCUT2D eigenvalue weighted by Gasteiger charge is -2.15. The third-order valence-corrected chi connectivity index (χ3v) is 3.66. The molecule has 0 radical (unpaired) electrons. The normalized spacial score (nSPS) is 11.6. The van der Waals surface area contributed by atoms with Gasteiger partial charge in [0, 0.05) is 17.3 Å². The molecule has 2 N–H and O–H groups in total. The second-order valence-corrected chi connectivity index (χ2v) is 5.50. The molecule has 0 aliphatic rings. The molecule has 5 nitrogen and oxygen atoms in total. The van der Waals surface area contributed by atoms with Gasteiger partial charge in [-0.05, 0) is 43.7 Å². The van der Waals surface area contributed by atoms with Crippen LogP contribution in [0.1, 0.15) is 24.1 Å². The summed E-state index contributed by atoms with van der Waals surface area (Å²) in [6, 6.07) is 7.21. The first-order valence-corrected chi connectivity index (χ1v) is 7.53. The predicted molar refractivity (Wildman–Crippen MR) is 89.3 cm³/mol. The number of carbonyl (C=O) groups is 2. The van der Waals surface area contributed by atoms with Gasteiger partial charge in [-0.2, -0.15) is 0 Å². The van der Waals surface area contributed by atoms with E-state index in [4.69, 9.17) is 4.74 Å². The van der Waals surface area contributed by atoms with Gasteiger partial charge in [0.05, 0.1) is 13.2 Å². The Bertz CT molecular complexity index is 809. The van der Waals surface area contributed by atoms with E-state index in [1.165, 1.54) is 20.1 Å². The Labute approximate surface area is 144 Å². The molecule has 7 heteroatoms. The van der Waals surface area contributed by atoms with Crippen molar-refractivity contribution in [2.45, 2.75) is 19.9 Å². The van der Waals surface area contributed by atoms with Crippen LogP contribution in [-0.2, 0) is 9.59 Å². The number of nitrogens with one attached hydrogen (secondary N) is 2. The summed E-state index contributed by atoms with van der Waals surface area (Å²) >= 11 is 0. The average molecular weight is 348 g/mol. The zero-order chi connectivity index (χ0) is 18.6. The summed E-state index contributed by atoms with van der Waals surface area (Å²) in [7, 11) is 1.52. The van der Waals surface area contributed by atoms with Gasteiger partial charge in [0.1, 0.15) is 17.4 Å². The first kappa shape index (κ1) is 18.4. The van der Waals surface area contributed by atoms with Crippen molar-refractivity contribution in [1.29, 1.82) is 0 Å². The highest BCUT2D eigenvalue weighted by atomic mass is 19.1. The molecular weight excluding hydrogens is 330 g/mol. The molecule has 0 saturated heterocycles. The molecule has 0 aromatic heterocycles. The van der Waals surface area contributed by atoms with Crippen LogP contribution in [0.15, 0.2) is 36.4 Å². The van der Waals surface area contributed by atoms with Crippen molar-refractivity contribution >= 4 is 17.5 Å². The van der Waals surface area contributed by atoms with Gasteiger partial charge in [-0.1, -0.05) is 6.07 Å². The van der Waals surface area contributed by atoms with E-state index in [1.54, 1.807) is 25.1 Å². The lowest BCUT2D eigenvalue weighted by Crippen LogP contribution is -2.37. The zero-order valence-electron chi connectivity index (χ0n) is 14.0. The Hall–Kier alpha value is -2.96. The van der Waals surface area contributed by atoms with Crippen molar-refractivity contribution in [3.63, 3.8) is 0 Å². The van der Waals surface area contributed by atoms with Gasteiger partial charge in [0.15, 0.2) is 0 Å². The molecular formula is C18H18F2N2O3. The van der Waals surface area contributed by atoms with E-state index in [2.05, 4.69) is 10.6 Å². The molecule has 2 rings (SSSR count). The number of benzene rings is 2. The van der Waals surface area contributed by atoms with E-state index in [0.29, 0.717) is 11.4 Å². The molecule has 25 heavy (non-hydrogen) atoms. The van der Waals surface area contributed by atoms with E-state index in [9.17, 15) is 18.4 Å². The fraction of sp³-hybridized carbons (Fsp3) is 0.222. The standard InChI is InChI=1S/C18H18F2N2O3/c1-10-8-13(25-3)5-7-16(10)22-18(24)17(23)21-11(2)14-6-4-12(19)9-15(14)20/h4-9,11H,1-3H3,(H,21,23)(H,22,24)/t11-/m1/s1. The Morgan fingerprint density at radius 3 is 2.40 bits per heavy atom. The minimum Gasteiger partial charge on any atom is -0.497 e. The number of ether oxygens (including phenoxy) is 1. The summed E-state index contributed by atoms with van der Waals surface area (Å²) in [6.07, 6.45) is 0. The number of carbonyl (C=O) groups excluding carboxylic acids is 2. The van der Waals surface area contributed by atoms with Crippen molar-refractivity contribution in [2.75, 3.05) is 12.4 Å². The highest BCUT2D eigenvalue weighted by Crippen LogP contribution is 2.21. The fourth-order valence-corrected chi connectivity index (χ4v) is 2.28. The van der Waals surface area contributed by atoms with Crippen LogP contribution in [0.4, 0.5) is 14.5 Å². The zero-order valence-corrected chi connectivity index (χ0v) is 14.0. The molecule has 0 aliphatic carbocycles. The quantitative estimate of drug-likeness (QED) is 0.835. The van der Waals surface area contributed by atoms with Crippen LogP contribution in [0.25, 0.3) is 0 Å². The third-order valence-electron chi connectivity index (χ3n) is 3.66. The first-order chi connectivity index (χ1) is 11.8. The lowest BCUT2D eigenvalue weighted by molar-refractivity contribution is -0.136. The molecule has 2 amide bonds. The summed E-state index contributed by atoms with van der Waals surface area (Å²) in [5, 5.41) is 4.86. The molecule has 0 unspecified atom stereocenters. The lowest BCUT2D eigenvalue weighted by atomic mass is 10.1. The second kappa shape index (κ2) is 7.74. The summed E-state index contributed by atoms with van der Waals surface area (Å²) in [5.41, 5.74) is 1.27.